The molecule has 27 heavy (non-hydrogen) atoms. The van der Waals surface area contributed by atoms with Gasteiger partial charge in [-0.05, 0) is 35.1 Å². The molecule has 1 aromatic carbocycles. The second kappa shape index (κ2) is 7.08. The second-order valence-corrected chi connectivity index (χ2v) is 7.53. The van der Waals surface area contributed by atoms with E-state index in [0.717, 1.165) is 17.2 Å². The number of halogens is 4. The van der Waals surface area contributed by atoms with E-state index < -0.39 is 34.4 Å². The maximum Gasteiger partial charge on any atom is 0.426 e. The van der Waals surface area contributed by atoms with Crippen LogP contribution in [0, 0.1) is 17.3 Å². The normalized spacial score (nSPS) is 21.8. The van der Waals surface area contributed by atoms with Crippen LogP contribution in [0.25, 0.3) is 11.3 Å². The predicted molar refractivity (Wildman–Crippen MR) is 94.7 cm³/mol. The Balaban J connectivity index is 1.64. The third-order valence-electron chi connectivity index (χ3n) is 4.88. The number of hydrogen-bond donors (Lipinski definition) is 0. The van der Waals surface area contributed by atoms with Crippen molar-refractivity contribution in [2.24, 2.45) is 17.3 Å². The summed E-state index contributed by atoms with van der Waals surface area (Å²) in [5, 5.41) is -1.21. The first-order chi connectivity index (χ1) is 12.6. The zero-order valence-corrected chi connectivity index (χ0v) is 15.5. The Labute approximate surface area is 159 Å². The van der Waals surface area contributed by atoms with E-state index in [2.05, 4.69) is 0 Å². The third kappa shape index (κ3) is 4.21. The Kier molecular flexibility index (Phi) is 5.12. The van der Waals surface area contributed by atoms with Crippen molar-refractivity contribution in [1.82, 2.24) is 0 Å². The number of benzene rings is 1. The highest BCUT2D eigenvalue weighted by atomic mass is 35.5. The number of carbonyl (C=O) groups is 1. The summed E-state index contributed by atoms with van der Waals surface area (Å²) < 4.78 is 48.5. The van der Waals surface area contributed by atoms with Crippen molar-refractivity contribution in [3.63, 3.8) is 0 Å². The SMILES string of the molecule is CC1(C)[C@H](C(=O)OCc2cccc(-c3ccco3)c2)[C@@H]1C=C(Cl)C(F)(F)F. The molecule has 0 unspecified atom stereocenters. The quantitative estimate of drug-likeness (QED) is 0.584. The lowest BCUT2D eigenvalue weighted by molar-refractivity contribution is -0.147. The van der Waals surface area contributed by atoms with Crippen molar-refractivity contribution in [3.8, 4) is 11.3 Å². The minimum Gasteiger partial charge on any atom is -0.464 e. The van der Waals surface area contributed by atoms with Gasteiger partial charge in [0.15, 0.2) is 0 Å². The molecule has 1 aromatic heterocycles. The first-order valence-corrected chi connectivity index (χ1v) is 8.72. The molecule has 7 heteroatoms. The van der Waals surface area contributed by atoms with Gasteiger partial charge < -0.3 is 9.15 Å². The molecule has 0 N–H and O–H groups in total. The van der Waals surface area contributed by atoms with Crippen LogP contribution < -0.4 is 0 Å². The molecule has 0 bridgehead atoms. The van der Waals surface area contributed by atoms with Gasteiger partial charge in [0, 0.05) is 5.56 Å². The summed E-state index contributed by atoms with van der Waals surface area (Å²) in [7, 11) is 0. The first kappa shape index (κ1) is 19.5. The van der Waals surface area contributed by atoms with Gasteiger partial charge in [0.05, 0.1) is 12.2 Å². The van der Waals surface area contributed by atoms with Crippen LogP contribution in [0.2, 0.25) is 0 Å². The molecule has 1 saturated carbocycles. The van der Waals surface area contributed by atoms with E-state index in [9.17, 15) is 18.0 Å². The van der Waals surface area contributed by atoms with Crippen LogP contribution in [0.5, 0.6) is 0 Å². The predicted octanol–water partition coefficient (Wildman–Crippen LogP) is 5.95. The van der Waals surface area contributed by atoms with Gasteiger partial charge >= 0.3 is 12.1 Å². The minimum atomic E-state index is -4.61. The number of carbonyl (C=O) groups excluding carboxylic acids is 1. The van der Waals surface area contributed by atoms with Gasteiger partial charge in [-0.15, -0.1) is 0 Å². The topological polar surface area (TPSA) is 39.4 Å². The third-order valence-corrected chi connectivity index (χ3v) is 5.22. The smallest absolute Gasteiger partial charge is 0.426 e. The summed E-state index contributed by atoms with van der Waals surface area (Å²) in [6.45, 7) is 3.47. The molecule has 2 atom stereocenters. The van der Waals surface area contributed by atoms with Crippen molar-refractivity contribution in [2.45, 2.75) is 26.6 Å². The van der Waals surface area contributed by atoms with E-state index in [1.807, 2.05) is 24.3 Å². The van der Waals surface area contributed by atoms with Crippen molar-refractivity contribution < 1.29 is 27.1 Å². The van der Waals surface area contributed by atoms with Crippen LogP contribution >= 0.6 is 11.6 Å². The maximum absolute atomic E-state index is 12.6. The average Bonchev–Trinajstić information content (AvgIpc) is 2.97. The number of rotatable bonds is 5. The fourth-order valence-corrected chi connectivity index (χ4v) is 3.33. The average molecular weight is 399 g/mol. The molecule has 3 rings (SSSR count). The second-order valence-electron chi connectivity index (χ2n) is 7.12. The molecule has 1 aliphatic carbocycles. The lowest BCUT2D eigenvalue weighted by Gasteiger charge is -2.07. The Morgan fingerprint density at radius 3 is 2.67 bits per heavy atom. The van der Waals surface area contributed by atoms with E-state index in [-0.39, 0.29) is 6.61 Å². The molecule has 3 nitrogen and oxygen atoms in total. The summed E-state index contributed by atoms with van der Waals surface area (Å²) in [5.41, 5.74) is 0.979. The van der Waals surface area contributed by atoms with E-state index >= 15 is 0 Å². The summed E-state index contributed by atoms with van der Waals surface area (Å²) in [4.78, 5) is 12.4. The molecule has 0 amide bonds. The van der Waals surface area contributed by atoms with Gasteiger partial charge in [0.1, 0.15) is 17.4 Å². The Morgan fingerprint density at radius 2 is 2.04 bits per heavy atom. The fourth-order valence-electron chi connectivity index (χ4n) is 3.19. The Hall–Kier alpha value is -2.21. The highest BCUT2D eigenvalue weighted by Crippen LogP contribution is 2.60. The van der Waals surface area contributed by atoms with Gasteiger partial charge in [-0.25, -0.2) is 0 Å². The van der Waals surface area contributed by atoms with Crippen LogP contribution in [0.3, 0.4) is 0 Å². The van der Waals surface area contributed by atoms with Crippen LogP contribution in [0.4, 0.5) is 13.2 Å². The van der Waals surface area contributed by atoms with Crippen LogP contribution in [-0.4, -0.2) is 12.1 Å². The highest BCUT2D eigenvalue weighted by molar-refractivity contribution is 6.30. The minimum absolute atomic E-state index is 0.0311. The highest BCUT2D eigenvalue weighted by Gasteiger charge is 2.62. The van der Waals surface area contributed by atoms with E-state index in [1.54, 1.807) is 32.2 Å². The molecular weight excluding hydrogens is 381 g/mol. The fraction of sp³-hybridized carbons (Fsp3) is 0.350. The molecule has 1 fully saturated rings. The maximum atomic E-state index is 12.6. The van der Waals surface area contributed by atoms with E-state index in [0.29, 0.717) is 5.76 Å². The molecule has 1 heterocycles. The van der Waals surface area contributed by atoms with Crippen LogP contribution in [0.15, 0.2) is 58.2 Å². The number of ether oxygens (including phenoxy) is 1. The van der Waals surface area contributed by atoms with Gasteiger partial charge in [-0.2, -0.15) is 13.2 Å². The van der Waals surface area contributed by atoms with E-state index in [4.69, 9.17) is 20.8 Å². The lowest BCUT2D eigenvalue weighted by atomic mass is 10.1. The van der Waals surface area contributed by atoms with Gasteiger partial charge in [0.2, 0.25) is 0 Å². The Bertz CT molecular complexity index is 854. The zero-order chi connectivity index (χ0) is 19.8. The molecule has 2 aromatic rings. The molecular formula is C20H18ClF3O3. The van der Waals surface area contributed by atoms with Gasteiger partial charge in [-0.3, -0.25) is 4.79 Å². The van der Waals surface area contributed by atoms with E-state index in [1.165, 1.54) is 0 Å². The largest absolute Gasteiger partial charge is 0.464 e. The van der Waals surface area contributed by atoms with Crippen LogP contribution in [0.1, 0.15) is 19.4 Å². The summed E-state index contributed by atoms with van der Waals surface area (Å²) in [6.07, 6.45) is -2.14. The summed E-state index contributed by atoms with van der Waals surface area (Å²) in [5.74, 6) is -1.09. The van der Waals surface area contributed by atoms with Crippen LogP contribution in [-0.2, 0) is 16.1 Å². The summed E-state index contributed by atoms with van der Waals surface area (Å²) in [6, 6.07) is 10.9. The molecule has 144 valence electrons. The molecule has 0 saturated heterocycles. The summed E-state index contributed by atoms with van der Waals surface area (Å²) >= 11 is 5.30. The number of allylic oxidation sites excluding steroid dienone is 2. The van der Waals surface area contributed by atoms with Crippen molar-refractivity contribution >= 4 is 17.6 Å². The molecule has 0 aliphatic heterocycles. The number of esters is 1. The van der Waals surface area contributed by atoms with Crippen molar-refractivity contribution in [1.29, 1.82) is 0 Å². The molecule has 1 aliphatic rings. The monoisotopic (exact) mass is 398 g/mol. The van der Waals surface area contributed by atoms with Gasteiger partial charge in [-0.1, -0.05) is 49.7 Å². The number of furan rings is 1. The standard InChI is InChI=1S/C20H18ClF3O3/c1-19(2)14(10-16(21)20(22,23)24)17(19)18(25)27-11-12-5-3-6-13(9-12)15-7-4-8-26-15/h3-10,14,17H,11H2,1-2H3/t14-,17-/m0/s1. The molecule has 0 spiro atoms. The first-order valence-electron chi connectivity index (χ1n) is 8.34. The zero-order valence-electron chi connectivity index (χ0n) is 14.7. The molecule has 0 radical (unpaired) electrons. The van der Waals surface area contributed by atoms with Gasteiger partial charge in [0.25, 0.3) is 0 Å². The number of hydrogen-bond acceptors (Lipinski definition) is 3. The van der Waals surface area contributed by atoms with Crippen molar-refractivity contribution in [2.75, 3.05) is 0 Å². The number of alkyl halides is 3. The lowest BCUT2D eigenvalue weighted by Crippen LogP contribution is -2.11. The van der Waals surface area contributed by atoms with Crippen molar-refractivity contribution in [3.05, 3.63) is 59.3 Å². The Morgan fingerprint density at radius 1 is 1.30 bits per heavy atom.